The van der Waals surface area contributed by atoms with Gasteiger partial charge < -0.3 is 5.32 Å². The fourth-order valence-corrected chi connectivity index (χ4v) is 2.04. The van der Waals surface area contributed by atoms with Crippen LogP contribution in [0.3, 0.4) is 0 Å². The van der Waals surface area contributed by atoms with E-state index in [1.54, 1.807) is 6.92 Å². The number of aromatic nitrogens is 3. The fraction of sp³-hybridized carbons (Fsp3) is 0.357. The van der Waals surface area contributed by atoms with Crippen molar-refractivity contribution in [3.63, 3.8) is 0 Å². The molecule has 2 rings (SSSR count). The molecule has 0 aliphatic rings. The highest BCUT2D eigenvalue weighted by atomic mass is 35.5. The maximum Gasteiger partial charge on any atom is 0.227 e. The smallest absolute Gasteiger partial charge is 0.227 e. The lowest BCUT2D eigenvalue weighted by atomic mass is 10.1. The molecule has 0 saturated carbocycles. The molecule has 0 fully saturated rings. The molecule has 1 unspecified atom stereocenters. The van der Waals surface area contributed by atoms with Crippen LogP contribution in [-0.2, 0) is 6.42 Å². The predicted molar refractivity (Wildman–Crippen MR) is 77.4 cm³/mol. The van der Waals surface area contributed by atoms with Gasteiger partial charge in [-0.1, -0.05) is 30.3 Å². The van der Waals surface area contributed by atoms with Crippen molar-refractivity contribution in [2.45, 2.75) is 32.7 Å². The van der Waals surface area contributed by atoms with Crippen LogP contribution in [0.1, 0.15) is 24.7 Å². The summed E-state index contributed by atoms with van der Waals surface area (Å²) in [7, 11) is 0. The third kappa shape index (κ3) is 4.48. The SMILES string of the molecule is Cc1nc(Cl)nc(NC(C)CCc2ccccc2)n1. The third-order valence-corrected chi connectivity index (χ3v) is 2.97. The number of hydrogen-bond acceptors (Lipinski definition) is 4. The number of nitrogens with zero attached hydrogens (tertiary/aromatic N) is 3. The topological polar surface area (TPSA) is 50.7 Å². The van der Waals surface area contributed by atoms with E-state index >= 15 is 0 Å². The minimum Gasteiger partial charge on any atom is -0.352 e. The summed E-state index contributed by atoms with van der Waals surface area (Å²) in [5.74, 6) is 1.16. The third-order valence-electron chi connectivity index (χ3n) is 2.80. The molecule has 1 aromatic carbocycles. The van der Waals surface area contributed by atoms with Gasteiger partial charge in [-0.3, -0.25) is 0 Å². The second-order valence-electron chi connectivity index (χ2n) is 4.54. The van der Waals surface area contributed by atoms with Crippen LogP contribution in [0.2, 0.25) is 5.28 Å². The van der Waals surface area contributed by atoms with E-state index in [2.05, 4.69) is 51.5 Å². The quantitative estimate of drug-likeness (QED) is 0.911. The first kappa shape index (κ1) is 13.7. The van der Waals surface area contributed by atoms with Crippen LogP contribution in [-0.4, -0.2) is 21.0 Å². The molecule has 1 atom stereocenters. The van der Waals surface area contributed by atoms with Gasteiger partial charge in [-0.05, 0) is 43.9 Å². The molecule has 1 N–H and O–H groups in total. The Morgan fingerprint density at radius 2 is 1.89 bits per heavy atom. The van der Waals surface area contributed by atoms with Crippen LogP contribution in [0.5, 0.6) is 0 Å². The molecule has 4 nitrogen and oxygen atoms in total. The summed E-state index contributed by atoms with van der Waals surface area (Å²) in [5.41, 5.74) is 1.33. The van der Waals surface area contributed by atoms with Crippen LogP contribution >= 0.6 is 11.6 Å². The Labute approximate surface area is 118 Å². The van der Waals surface area contributed by atoms with E-state index in [9.17, 15) is 0 Å². The minimum absolute atomic E-state index is 0.227. The first-order chi connectivity index (χ1) is 9.13. The molecule has 0 spiro atoms. The average Bonchev–Trinajstić information content (AvgIpc) is 2.36. The Morgan fingerprint density at radius 3 is 2.58 bits per heavy atom. The first-order valence-electron chi connectivity index (χ1n) is 6.32. The van der Waals surface area contributed by atoms with Crippen molar-refractivity contribution in [2.75, 3.05) is 5.32 Å². The molecule has 1 heterocycles. The molecular weight excluding hydrogens is 260 g/mol. The normalized spacial score (nSPS) is 12.2. The lowest BCUT2D eigenvalue weighted by Crippen LogP contribution is -2.18. The Hall–Kier alpha value is -1.68. The van der Waals surface area contributed by atoms with Crippen molar-refractivity contribution in [3.05, 3.63) is 47.0 Å². The van der Waals surface area contributed by atoms with Crippen molar-refractivity contribution in [1.29, 1.82) is 0 Å². The largest absolute Gasteiger partial charge is 0.352 e. The summed E-state index contributed by atoms with van der Waals surface area (Å²) in [6.07, 6.45) is 2.03. The average molecular weight is 277 g/mol. The van der Waals surface area contributed by atoms with Gasteiger partial charge in [0, 0.05) is 6.04 Å². The predicted octanol–water partition coefficient (Wildman–Crippen LogP) is 3.27. The standard InChI is InChI=1S/C14H17ClN4/c1-10(8-9-12-6-4-3-5-7-12)16-14-18-11(2)17-13(15)19-14/h3-7,10H,8-9H2,1-2H3,(H,16,17,18,19). The summed E-state index contributed by atoms with van der Waals surface area (Å²) in [5, 5.41) is 3.47. The second kappa shape index (κ2) is 6.48. The van der Waals surface area contributed by atoms with E-state index in [0.29, 0.717) is 11.8 Å². The van der Waals surface area contributed by atoms with Crippen LogP contribution in [0.4, 0.5) is 5.95 Å². The number of nitrogens with one attached hydrogen (secondary N) is 1. The van der Waals surface area contributed by atoms with Crippen molar-refractivity contribution < 1.29 is 0 Å². The molecule has 1 aromatic heterocycles. The summed E-state index contributed by atoms with van der Waals surface area (Å²) >= 11 is 5.80. The van der Waals surface area contributed by atoms with Gasteiger partial charge in [-0.25, -0.2) is 4.98 Å². The molecule has 0 saturated heterocycles. The van der Waals surface area contributed by atoms with Gasteiger partial charge >= 0.3 is 0 Å². The van der Waals surface area contributed by atoms with Gasteiger partial charge in [0.2, 0.25) is 11.2 Å². The number of halogens is 1. The van der Waals surface area contributed by atoms with Crippen molar-refractivity contribution in [2.24, 2.45) is 0 Å². The van der Waals surface area contributed by atoms with Gasteiger partial charge in [0.25, 0.3) is 0 Å². The Balaban J connectivity index is 1.89. The van der Waals surface area contributed by atoms with E-state index in [-0.39, 0.29) is 11.3 Å². The number of anilines is 1. The fourth-order valence-electron chi connectivity index (χ4n) is 1.83. The molecule has 0 amide bonds. The van der Waals surface area contributed by atoms with Gasteiger partial charge in [0.15, 0.2) is 0 Å². The van der Waals surface area contributed by atoms with Crippen molar-refractivity contribution >= 4 is 17.5 Å². The molecule has 19 heavy (non-hydrogen) atoms. The van der Waals surface area contributed by atoms with E-state index in [1.165, 1.54) is 5.56 Å². The lowest BCUT2D eigenvalue weighted by molar-refractivity contribution is 0.696. The van der Waals surface area contributed by atoms with Crippen molar-refractivity contribution in [3.8, 4) is 0 Å². The second-order valence-corrected chi connectivity index (χ2v) is 4.88. The summed E-state index contributed by atoms with van der Waals surface area (Å²) in [6.45, 7) is 3.91. The highest BCUT2D eigenvalue weighted by molar-refractivity contribution is 6.28. The molecule has 0 bridgehead atoms. The maximum atomic E-state index is 5.80. The van der Waals surface area contributed by atoms with Gasteiger partial charge in [0.05, 0.1) is 0 Å². The zero-order chi connectivity index (χ0) is 13.7. The Morgan fingerprint density at radius 1 is 1.16 bits per heavy atom. The molecule has 0 aliphatic carbocycles. The number of benzene rings is 1. The zero-order valence-corrected chi connectivity index (χ0v) is 11.9. The highest BCUT2D eigenvalue weighted by Gasteiger charge is 2.06. The van der Waals surface area contributed by atoms with Crippen LogP contribution in [0.25, 0.3) is 0 Å². The monoisotopic (exact) mass is 276 g/mol. The zero-order valence-electron chi connectivity index (χ0n) is 11.1. The summed E-state index contributed by atoms with van der Waals surface area (Å²) < 4.78 is 0. The van der Waals surface area contributed by atoms with Crippen LogP contribution in [0, 0.1) is 6.92 Å². The number of rotatable bonds is 5. The molecular formula is C14H17ClN4. The van der Waals surface area contributed by atoms with Crippen LogP contribution in [0.15, 0.2) is 30.3 Å². The highest BCUT2D eigenvalue weighted by Crippen LogP contribution is 2.10. The molecule has 2 aromatic rings. The first-order valence-corrected chi connectivity index (χ1v) is 6.70. The van der Waals surface area contributed by atoms with E-state index in [4.69, 9.17) is 11.6 Å². The van der Waals surface area contributed by atoms with Gasteiger partial charge in [0.1, 0.15) is 5.82 Å². The molecule has 0 radical (unpaired) electrons. The summed E-state index contributed by atoms with van der Waals surface area (Å²) in [6, 6.07) is 10.7. The Bertz CT molecular complexity index is 510. The number of hydrogen-bond donors (Lipinski definition) is 1. The van der Waals surface area contributed by atoms with Gasteiger partial charge in [-0.15, -0.1) is 0 Å². The van der Waals surface area contributed by atoms with Gasteiger partial charge in [-0.2, -0.15) is 9.97 Å². The molecule has 100 valence electrons. The summed E-state index contributed by atoms with van der Waals surface area (Å²) in [4.78, 5) is 12.2. The van der Waals surface area contributed by atoms with E-state index in [1.807, 2.05) is 6.07 Å². The maximum absolute atomic E-state index is 5.80. The van der Waals surface area contributed by atoms with Crippen LogP contribution < -0.4 is 5.32 Å². The van der Waals surface area contributed by atoms with Crippen molar-refractivity contribution in [1.82, 2.24) is 15.0 Å². The lowest BCUT2D eigenvalue weighted by Gasteiger charge is -2.13. The van der Waals surface area contributed by atoms with E-state index in [0.717, 1.165) is 12.8 Å². The van der Waals surface area contributed by atoms with E-state index < -0.39 is 0 Å². The number of aryl methyl sites for hydroxylation is 2. The molecule has 5 heteroatoms. The Kier molecular flexibility index (Phi) is 4.68. The minimum atomic E-state index is 0.227. The molecule has 0 aliphatic heterocycles.